The molecule has 0 radical (unpaired) electrons. The Labute approximate surface area is 129 Å². The van der Waals surface area contributed by atoms with Gasteiger partial charge in [0.25, 0.3) is 0 Å². The molecule has 3 nitrogen and oxygen atoms in total. The average Bonchev–Trinajstić information content (AvgIpc) is 0.811. The molecular formula is H6CaO3SiSrZn. The summed E-state index contributed by atoms with van der Waals surface area (Å²) in [6.07, 6.45) is 0. The number of hydrogen-bond donors (Lipinski definition) is 2. The fourth-order valence-corrected chi connectivity index (χ4v) is 0. The van der Waals surface area contributed by atoms with Crippen LogP contribution in [0.25, 0.3) is 0 Å². The normalized spacial score (nSPS) is 3.43. The summed E-state index contributed by atoms with van der Waals surface area (Å²) < 4.78 is 8.74. The predicted molar refractivity (Wildman–Crippen MR) is 26.8 cm³/mol. The van der Waals surface area contributed by atoms with Crippen LogP contribution in [0.4, 0.5) is 0 Å². The molecule has 0 fully saturated rings. The first kappa shape index (κ1) is 22.5. The largest absolute Gasteiger partial charge is 2.00 e. The molecule has 2 N–H and O–H groups in total. The van der Waals surface area contributed by atoms with Crippen molar-refractivity contribution in [1.29, 1.82) is 0 Å². The Morgan fingerprint density at radius 3 is 1.43 bits per heavy atom. The van der Waals surface area contributed by atoms with E-state index in [4.69, 9.17) is 14.1 Å². The standard InChI is InChI=1S/Ca.H2O3Si.Sr.Zn.4H/c;1-4(2)3;;;;;;/h;1-2H;;;;;;/q+2;;+2;;4*-1. The van der Waals surface area contributed by atoms with E-state index in [0.717, 1.165) is 0 Å². The van der Waals surface area contributed by atoms with Crippen LogP contribution in [0.3, 0.4) is 0 Å². The molecule has 0 rings (SSSR count). The predicted octanol–water partition coefficient (Wildman–Crippen LogP) is -1.93. The maximum Gasteiger partial charge on any atom is 2.00 e. The molecule has 0 saturated carbocycles. The summed E-state index contributed by atoms with van der Waals surface area (Å²) in [5.41, 5.74) is 0. The van der Waals surface area contributed by atoms with E-state index in [0.29, 0.717) is 0 Å². The van der Waals surface area contributed by atoms with Crippen molar-refractivity contribution in [2.45, 2.75) is 0 Å². The van der Waals surface area contributed by atoms with Crippen molar-refractivity contribution in [3.63, 3.8) is 0 Å². The molecule has 0 heterocycles. The van der Waals surface area contributed by atoms with Gasteiger partial charge in [0, 0.05) is 19.5 Å². The molecule has 7 heavy (non-hydrogen) atoms. The molecule has 0 amide bonds. The van der Waals surface area contributed by atoms with E-state index in [1.807, 2.05) is 0 Å². The van der Waals surface area contributed by atoms with Crippen LogP contribution in [0.1, 0.15) is 5.71 Å². The van der Waals surface area contributed by atoms with Gasteiger partial charge < -0.3 is 15.3 Å². The SMILES string of the molecule is O=[Si](O)O.[Ca+2].[H-].[H-].[H-].[H-].[Sr+2].[Zn]. The van der Waals surface area contributed by atoms with E-state index in [2.05, 4.69) is 0 Å². The Bertz CT molecular complexity index is 48.3. The minimum Gasteiger partial charge on any atom is -1.00 e. The molecule has 0 spiro atoms. The smallest absolute Gasteiger partial charge is 1.00 e. The Morgan fingerprint density at radius 1 is 1.43 bits per heavy atom. The number of hydrogen-bond acceptors (Lipinski definition) is 1. The summed E-state index contributed by atoms with van der Waals surface area (Å²) in [5.74, 6) is 0. The van der Waals surface area contributed by atoms with Crippen LogP contribution in [-0.4, -0.2) is 102 Å². The van der Waals surface area contributed by atoms with Crippen molar-refractivity contribution in [2.24, 2.45) is 0 Å². The molecule has 0 aliphatic rings. The third-order valence-corrected chi connectivity index (χ3v) is 0. The van der Waals surface area contributed by atoms with Crippen molar-refractivity contribution in [3.05, 3.63) is 0 Å². The zero-order valence-electron chi connectivity index (χ0n) is 7.92. The van der Waals surface area contributed by atoms with Gasteiger partial charge >= 0.3 is 92.4 Å². The van der Waals surface area contributed by atoms with Crippen molar-refractivity contribution >= 4 is 92.4 Å². The molecule has 0 aliphatic heterocycles. The Balaban J connectivity index is -0.00000000214. The molecular weight excluding hydrogens is 269 g/mol. The van der Waals surface area contributed by atoms with E-state index in [9.17, 15) is 0 Å². The fraction of sp³-hybridized carbons (Fsp3) is 0. The number of rotatable bonds is 0. The van der Waals surface area contributed by atoms with Crippen LogP contribution in [0.15, 0.2) is 0 Å². The second kappa shape index (κ2) is 16.0. The van der Waals surface area contributed by atoms with Gasteiger partial charge in [-0.15, -0.1) is 0 Å². The molecule has 0 saturated heterocycles. The summed E-state index contributed by atoms with van der Waals surface area (Å²) in [6, 6.07) is 0. The van der Waals surface area contributed by atoms with Gasteiger partial charge in [-0.25, -0.2) is 0 Å². The van der Waals surface area contributed by atoms with Crippen LogP contribution in [0.2, 0.25) is 0 Å². The van der Waals surface area contributed by atoms with E-state index in [1.54, 1.807) is 0 Å². The summed E-state index contributed by atoms with van der Waals surface area (Å²) in [6.45, 7) is 0. The van der Waals surface area contributed by atoms with E-state index >= 15 is 0 Å². The summed E-state index contributed by atoms with van der Waals surface area (Å²) in [7, 11) is -3.13. The van der Waals surface area contributed by atoms with Crippen LogP contribution in [0.5, 0.6) is 0 Å². The minimum absolute atomic E-state index is 0. The second-order valence-electron chi connectivity index (χ2n) is 0.283. The van der Waals surface area contributed by atoms with Crippen molar-refractivity contribution < 1.29 is 39.2 Å². The molecule has 0 atom stereocenters. The zero-order chi connectivity index (χ0) is 3.58. The summed E-state index contributed by atoms with van der Waals surface area (Å²) >= 11 is 0. The first-order valence-corrected chi connectivity index (χ1v) is 1.95. The van der Waals surface area contributed by atoms with Gasteiger partial charge in [0.2, 0.25) is 0 Å². The molecule has 0 bridgehead atoms. The molecule has 0 aromatic rings. The van der Waals surface area contributed by atoms with Crippen molar-refractivity contribution in [1.82, 2.24) is 0 Å². The summed E-state index contributed by atoms with van der Waals surface area (Å²) in [5, 5.41) is 0. The van der Waals surface area contributed by atoms with E-state index in [1.165, 1.54) is 0 Å². The van der Waals surface area contributed by atoms with Gasteiger partial charge in [0.1, 0.15) is 0 Å². The molecule has 0 aromatic carbocycles. The molecule has 0 aromatic heterocycles. The fourth-order valence-electron chi connectivity index (χ4n) is 0. The third kappa shape index (κ3) is 49.3. The van der Waals surface area contributed by atoms with Crippen LogP contribution in [-0.2, 0) is 23.9 Å². The van der Waals surface area contributed by atoms with Gasteiger partial charge in [-0.2, -0.15) is 0 Å². The first-order chi connectivity index (χ1) is 1.73. The van der Waals surface area contributed by atoms with Gasteiger partial charge in [-0.05, 0) is 0 Å². The molecule has 0 aliphatic carbocycles. The van der Waals surface area contributed by atoms with Crippen LogP contribution >= 0.6 is 0 Å². The van der Waals surface area contributed by atoms with Gasteiger partial charge in [-0.3, -0.25) is 4.46 Å². The van der Waals surface area contributed by atoms with E-state index < -0.39 is 9.17 Å². The van der Waals surface area contributed by atoms with E-state index in [-0.39, 0.29) is 108 Å². The van der Waals surface area contributed by atoms with Crippen LogP contribution < -0.4 is 0 Å². The molecule has 7 heteroatoms. The monoisotopic (exact) mass is 274 g/mol. The zero-order valence-corrected chi connectivity index (χ0v) is 13.6. The van der Waals surface area contributed by atoms with Gasteiger partial charge in [0.05, 0.1) is 0 Å². The Hall–Kier alpha value is 2.98. The Kier molecular flexibility index (Phi) is 51.4. The third-order valence-electron chi connectivity index (χ3n) is 0. The van der Waals surface area contributed by atoms with Crippen molar-refractivity contribution in [3.8, 4) is 0 Å². The summed E-state index contributed by atoms with van der Waals surface area (Å²) in [4.78, 5) is 14.3. The minimum atomic E-state index is -3.13. The Morgan fingerprint density at radius 2 is 1.43 bits per heavy atom. The van der Waals surface area contributed by atoms with Crippen LogP contribution in [0, 0.1) is 0 Å². The average molecular weight is 275 g/mol. The first-order valence-electron chi connectivity index (χ1n) is 0.651. The molecule has 0 unspecified atom stereocenters. The maximum atomic E-state index is 8.74. The second-order valence-corrected chi connectivity index (χ2v) is 0.848. The van der Waals surface area contributed by atoms with Crippen molar-refractivity contribution in [2.75, 3.05) is 0 Å². The quantitative estimate of drug-likeness (QED) is 0.506. The maximum absolute atomic E-state index is 8.74. The molecule has 34 valence electrons. The van der Waals surface area contributed by atoms with Gasteiger partial charge in [0.15, 0.2) is 0 Å². The van der Waals surface area contributed by atoms with Gasteiger partial charge in [-0.1, -0.05) is 0 Å². The topological polar surface area (TPSA) is 57.5 Å².